The van der Waals surface area contributed by atoms with Gasteiger partial charge in [0, 0.05) is 12.1 Å². The molecule has 0 N–H and O–H groups in total. The molecule has 1 heterocycles. The molecule has 3 heteroatoms. The van der Waals surface area contributed by atoms with Gasteiger partial charge in [-0.2, -0.15) is 4.79 Å². The Hall–Kier alpha value is -1.38. The summed E-state index contributed by atoms with van der Waals surface area (Å²) in [5, 5.41) is 0. The summed E-state index contributed by atoms with van der Waals surface area (Å²) in [6.07, 6.45) is 6.24. The van der Waals surface area contributed by atoms with Crippen molar-refractivity contribution in [2.75, 3.05) is 6.61 Å². The number of aromatic nitrogens is 1. The lowest BCUT2D eigenvalue weighted by Crippen LogP contribution is -2.42. The minimum atomic E-state index is -0.304. The minimum absolute atomic E-state index is 0.304. The second kappa shape index (κ2) is 6.13. The molecule has 0 fully saturated rings. The maximum Gasteiger partial charge on any atom is 0.601 e. The van der Waals surface area contributed by atoms with E-state index in [-0.39, 0.29) is 6.09 Å². The molecule has 0 radical (unpaired) electrons. The number of rotatable bonds is 4. The van der Waals surface area contributed by atoms with Crippen LogP contribution in [-0.4, -0.2) is 12.7 Å². The zero-order chi connectivity index (χ0) is 10.2. The Morgan fingerprint density at radius 1 is 1.21 bits per heavy atom. The average Bonchev–Trinajstić information content (AvgIpc) is 2.25. The second-order valence-corrected chi connectivity index (χ2v) is 3.10. The fourth-order valence-electron chi connectivity index (χ4n) is 1.11. The Kier molecular flexibility index (Phi) is 4.69. The van der Waals surface area contributed by atoms with E-state index < -0.39 is 0 Å². The summed E-state index contributed by atoms with van der Waals surface area (Å²) in [5.74, 6) is 0. The highest BCUT2D eigenvalue weighted by atomic mass is 16.5. The zero-order valence-electron chi connectivity index (χ0n) is 8.48. The van der Waals surface area contributed by atoms with Crippen molar-refractivity contribution < 1.29 is 14.1 Å². The first-order chi connectivity index (χ1) is 6.84. The molecule has 0 bridgehead atoms. The highest BCUT2D eigenvalue weighted by Crippen LogP contribution is 1.94. The molecule has 0 aliphatic carbocycles. The lowest BCUT2D eigenvalue weighted by Gasteiger charge is -1.98. The number of carbonyl (C=O) groups is 1. The summed E-state index contributed by atoms with van der Waals surface area (Å²) in [6.45, 7) is 2.63. The predicted octanol–water partition coefficient (Wildman–Crippen LogP) is 2.15. The maximum atomic E-state index is 11.3. The average molecular weight is 194 g/mol. The first kappa shape index (κ1) is 10.7. The van der Waals surface area contributed by atoms with Crippen molar-refractivity contribution in [3.63, 3.8) is 0 Å². The monoisotopic (exact) mass is 194 g/mol. The topological polar surface area (TPSA) is 30.2 Å². The molecule has 0 unspecified atom stereocenters. The van der Waals surface area contributed by atoms with E-state index >= 15 is 0 Å². The highest BCUT2D eigenvalue weighted by molar-refractivity contribution is 5.56. The van der Waals surface area contributed by atoms with Crippen LogP contribution in [-0.2, 0) is 4.74 Å². The largest absolute Gasteiger partial charge is 0.601 e. The van der Waals surface area contributed by atoms with E-state index in [9.17, 15) is 4.79 Å². The van der Waals surface area contributed by atoms with Crippen LogP contribution >= 0.6 is 0 Å². The van der Waals surface area contributed by atoms with Crippen LogP contribution in [0.5, 0.6) is 0 Å². The van der Waals surface area contributed by atoms with Gasteiger partial charge in [-0.05, 0) is 6.42 Å². The Morgan fingerprint density at radius 2 is 1.93 bits per heavy atom. The van der Waals surface area contributed by atoms with Crippen LogP contribution in [0.1, 0.15) is 26.2 Å². The van der Waals surface area contributed by atoms with Crippen molar-refractivity contribution in [3.8, 4) is 0 Å². The lowest BCUT2D eigenvalue weighted by molar-refractivity contribution is -0.586. The standard InChI is InChI=1S/C11H16NO2/c1-2-3-7-10-14-11(13)12-8-5-4-6-9-12/h4-6,8-9H,2-3,7,10H2,1H3/q+1. The summed E-state index contributed by atoms with van der Waals surface area (Å²) in [5.41, 5.74) is 0. The maximum absolute atomic E-state index is 11.3. The molecule has 3 nitrogen and oxygen atoms in total. The van der Waals surface area contributed by atoms with Crippen LogP contribution in [0, 0.1) is 0 Å². The highest BCUT2D eigenvalue weighted by Gasteiger charge is 2.13. The van der Waals surface area contributed by atoms with Gasteiger partial charge in [0.1, 0.15) is 0 Å². The predicted molar refractivity (Wildman–Crippen MR) is 52.9 cm³/mol. The number of ether oxygens (including phenoxy) is 1. The Labute approximate surface area is 84.3 Å². The van der Waals surface area contributed by atoms with E-state index in [1.807, 2.05) is 6.07 Å². The molecule has 14 heavy (non-hydrogen) atoms. The van der Waals surface area contributed by atoms with Crippen LogP contribution in [0.2, 0.25) is 0 Å². The summed E-state index contributed by atoms with van der Waals surface area (Å²) in [7, 11) is 0. The molecule has 0 spiro atoms. The summed E-state index contributed by atoms with van der Waals surface area (Å²) >= 11 is 0. The number of carbonyl (C=O) groups excluding carboxylic acids is 1. The third kappa shape index (κ3) is 3.56. The SMILES string of the molecule is CCCCCOC(=O)[n+]1ccccc1. The third-order valence-electron chi connectivity index (χ3n) is 1.90. The number of unbranched alkanes of at least 4 members (excludes halogenated alkanes) is 2. The Morgan fingerprint density at radius 3 is 2.57 bits per heavy atom. The fraction of sp³-hybridized carbons (Fsp3) is 0.455. The van der Waals surface area contributed by atoms with Gasteiger partial charge in [-0.15, -0.1) is 0 Å². The van der Waals surface area contributed by atoms with Crippen molar-refractivity contribution in [1.82, 2.24) is 0 Å². The van der Waals surface area contributed by atoms with Gasteiger partial charge in [-0.1, -0.05) is 30.4 Å². The van der Waals surface area contributed by atoms with Crippen molar-refractivity contribution in [3.05, 3.63) is 30.6 Å². The lowest BCUT2D eigenvalue weighted by atomic mass is 10.3. The fourth-order valence-corrected chi connectivity index (χ4v) is 1.11. The normalized spacial score (nSPS) is 9.79. The van der Waals surface area contributed by atoms with Gasteiger partial charge in [0.05, 0.1) is 6.61 Å². The van der Waals surface area contributed by atoms with Crippen LogP contribution in [0.15, 0.2) is 30.6 Å². The quantitative estimate of drug-likeness (QED) is 0.543. The molecular formula is C11H16NO2+. The van der Waals surface area contributed by atoms with Gasteiger partial charge in [-0.3, -0.25) is 0 Å². The summed E-state index contributed by atoms with van der Waals surface area (Å²) < 4.78 is 6.49. The molecule has 1 aromatic rings. The minimum Gasteiger partial charge on any atom is -0.412 e. The van der Waals surface area contributed by atoms with Gasteiger partial charge >= 0.3 is 6.09 Å². The molecule has 0 amide bonds. The first-order valence-corrected chi connectivity index (χ1v) is 4.98. The molecule has 0 aliphatic heterocycles. The molecule has 0 aromatic carbocycles. The van der Waals surface area contributed by atoms with Gasteiger partial charge in [-0.25, -0.2) is 0 Å². The van der Waals surface area contributed by atoms with Crippen LogP contribution in [0.3, 0.4) is 0 Å². The summed E-state index contributed by atoms with van der Waals surface area (Å²) in [4.78, 5) is 11.3. The van der Waals surface area contributed by atoms with Crippen molar-refractivity contribution >= 4 is 6.09 Å². The van der Waals surface area contributed by atoms with E-state index in [0.29, 0.717) is 6.61 Å². The number of hydrogen-bond donors (Lipinski definition) is 0. The third-order valence-corrected chi connectivity index (χ3v) is 1.90. The van der Waals surface area contributed by atoms with Gasteiger partial charge in [0.15, 0.2) is 12.4 Å². The Bertz CT molecular complexity index is 272. The molecular weight excluding hydrogens is 178 g/mol. The molecule has 1 aromatic heterocycles. The first-order valence-electron chi connectivity index (χ1n) is 4.98. The van der Waals surface area contributed by atoms with Crippen molar-refractivity contribution in [2.45, 2.75) is 26.2 Å². The van der Waals surface area contributed by atoms with Crippen molar-refractivity contribution in [2.24, 2.45) is 0 Å². The van der Waals surface area contributed by atoms with Crippen molar-refractivity contribution in [1.29, 1.82) is 0 Å². The van der Waals surface area contributed by atoms with Crippen LogP contribution in [0.4, 0.5) is 4.79 Å². The van der Waals surface area contributed by atoms with E-state index in [0.717, 1.165) is 19.3 Å². The van der Waals surface area contributed by atoms with Gasteiger partial charge in [0.25, 0.3) is 0 Å². The molecule has 0 atom stereocenters. The second-order valence-electron chi connectivity index (χ2n) is 3.10. The van der Waals surface area contributed by atoms with E-state index in [1.54, 1.807) is 24.5 Å². The van der Waals surface area contributed by atoms with Gasteiger partial charge in [0.2, 0.25) is 0 Å². The van der Waals surface area contributed by atoms with Crippen LogP contribution in [0.25, 0.3) is 0 Å². The van der Waals surface area contributed by atoms with E-state index in [4.69, 9.17) is 4.74 Å². The smallest absolute Gasteiger partial charge is 0.412 e. The molecule has 1 rings (SSSR count). The number of pyridine rings is 1. The number of hydrogen-bond acceptors (Lipinski definition) is 2. The molecule has 76 valence electrons. The summed E-state index contributed by atoms with van der Waals surface area (Å²) in [6, 6.07) is 5.46. The van der Waals surface area contributed by atoms with Crippen LogP contribution < -0.4 is 4.57 Å². The molecule has 0 aliphatic rings. The molecule has 0 saturated carbocycles. The van der Waals surface area contributed by atoms with E-state index in [1.165, 1.54) is 4.57 Å². The number of nitrogens with zero attached hydrogens (tertiary/aromatic N) is 1. The van der Waals surface area contributed by atoms with E-state index in [2.05, 4.69) is 6.92 Å². The molecule has 0 saturated heterocycles. The zero-order valence-corrected chi connectivity index (χ0v) is 8.48. The Balaban J connectivity index is 2.29. The van der Waals surface area contributed by atoms with Gasteiger partial charge < -0.3 is 4.74 Å².